The van der Waals surface area contributed by atoms with Gasteiger partial charge in [0.2, 0.25) is 0 Å². The molecular weight excluding hydrogens is 308 g/mol. The molecule has 1 unspecified atom stereocenters. The molecule has 3 heteroatoms. The Bertz CT molecular complexity index is 933. The van der Waals surface area contributed by atoms with E-state index in [0.717, 1.165) is 16.9 Å². The predicted octanol–water partition coefficient (Wildman–Crippen LogP) is 4.69. The number of nitrogen functional groups attached to an aromatic ring is 1. The second-order valence-corrected chi connectivity index (χ2v) is 6.02. The van der Waals surface area contributed by atoms with Crippen molar-refractivity contribution in [1.29, 1.82) is 0 Å². The van der Waals surface area contributed by atoms with Crippen LogP contribution in [0.15, 0.2) is 84.9 Å². The summed E-state index contributed by atoms with van der Waals surface area (Å²) in [6.45, 7) is 0. The summed E-state index contributed by atoms with van der Waals surface area (Å²) in [5.74, 6) is 0.0506. The molecular formula is C22H18N2O. The van der Waals surface area contributed by atoms with Gasteiger partial charge in [-0.2, -0.15) is 0 Å². The van der Waals surface area contributed by atoms with Gasteiger partial charge in [-0.1, -0.05) is 72.8 Å². The summed E-state index contributed by atoms with van der Waals surface area (Å²) < 4.78 is 0. The molecule has 2 N–H and O–H groups in total. The van der Waals surface area contributed by atoms with Crippen molar-refractivity contribution in [2.45, 2.75) is 6.04 Å². The summed E-state index contributed by atoms with van der Waals surface area (Å²) in [5.41, 5.74) is 10.5. The van der Waals surface area contributed by atoms with Crippen LogP contribution in [-0.2, 0) is 0 Å². The van der Waals surface area contributed by atoms with Crippen LogP contribution in [0.3, 0.4) is 0 Å². The molecule has 1 aliphatic rings. The predicted molar refractivity (Wildman–Crippen MR) is 103 cm³/mol. The minimum Gasteiger partial charge on any atom is -0.397 e. The van der Waals surface area contributed by atoms with E-state index in [1.165, 1.54) is 0 Å². The van der Waals surface area contributed by atoms with E-state index < -0.39 is 6.04 Å². The number of ketones is 1. The van der Waals surface area contributed by atoms with Gasteiger partial charge in [0.15, 0.2) is 5.78 Å². The van der Waals surface area contributed by atoms with E-state index in [0.29, 0.717) is 11.3 Å². The SMILES string of the molecule is Nc1cccc2c1N(c1ccccc1)C(C(=O)c1ccccc1)C=C2. The van der Waals surface area contributed by atoms with Crippen LogP contribution in [0.1, 0.15) is 15.9 Å². The number of para-hydroxylation sites is 2. The monoisotopic (exact) mass is 326 g/mol. The lowest BCUT2D eigenvalue weighted by atomic mass is 9.95. The first kappa shape index (κ1) is 15.2. The van der Waals surface area contributed by atoms with Crippen molar-refractivity contribution < 1.29 is 4.79 Å². The molecule has 0 saturated heterocycles. The van der Waals surface area contributed by atoms with E-state index in [1.807, 2.05) is 95.9 Å². The average molecular weight is 326 g/mol. The highest BCUT2D eigenvalue weighted by molar-refractivity contribution is 6.07. The molecule has 122 valence electrons. The summed E-state index contributed by atoms with van der Waals surface area (Å²) in [5, 5.41) is 0. The molecule has 0 saturated carbocycles. The van der Waals surface area contributed by atoms with Gasteiger partial charge >= 0.3 is 0 Å². The summed E-state index contributed by atoms with van der Waals surface area (Å²) in [6, 6.07) is 24.7. The zero-order valence-corrected chi connectivity index (χ0v) is 13.7. The molecule has 1 atom stereocenters. The number of fused-ring (bicyclic) bond motifs is 1. The molecule has 3 nitrogen and oxygen atoms in total. The second-order valence-electron chi connectivity index (χ2n) is 6.02. The Kier molecular flexibility index (Phi) is 3.82. The van der Waals surface area contributed by atoms with Crippen molar-refractivity contribution in [3.63, 3.8) is 0 Å². The van der Waals surface area contributed by atoms with Gasteiger partial charge < -0.3 is 10.6 Å². The summed E-state index contributed by atoms with van der Waals surface area (Å²) >= 11 is 0. The summed E-state index contributed by atoms with van der Waals surface area (Å²) in [4.78, 5) is 15.2. The maximum Gasteiger partial charge on any atom is 0.189 e. The lowest BCUT2D eigenvalue weighted by molar-refractivity contribution is 0.0978. The highest BCUT2D eigenvalue weighted by atomic mass is 16.1. The second kappa shape index (κ2) is 6.29. The number of hydrogen-bond donors (Lipinski definition) is 1. The molecule has 3 aromatic carbocycles. The topological polar surface area (TPSA) is 46.3 Å². The molecule has 4 rings (SSSR count). The van der Waals surface area contributed by atoms with Gasteiger partial charge in [0.05, 0.1) is 11.4 Å². The summed E-state index contributed by atoms with van der Waals surface area (Å²) in [6.07, 6.45) is 3.93. The highest BCUT2D eigenvalue weighted by Crippen LogP contribution is 2.40. The third kappa shape index (κ3) is 2.70. The molecule has 0 amide bonds. The molecule has 0 aliphatic carbocycles. The number of carbonyl (C=O) groups excluding carboxylic acids is 1. The number of Topliss-reactive ketones (excluding diaryl/α,β-unsaturated/α-hetero) is 1. The van der Waals surface area contributed by atoms with Crippen LogP contribution >= 0.6 is 0 Å². The standard InChI is InChI=1S/C22H18N2O/c23-19-13-7-10-16-14-15-20(22(25)17-8-3-1-4-9-17)24(21(16)19)18-11-5-2-6-12-18/h1-15,20H,23H2. The fraction of sp³-hybridized carbons (Fsp3) is 0.0455. The van der Waals surface area contributed by atoms with Crippen LogP contribution in [-0.4, -0.2) is 11.8 Å². The zero-order chi connectivity index (χ0) is 17.2. The number of nitrogens with two attached hydrogens (primary N) is 1. The quantitative estimate of drug-likeness (QED) is 0.561. The van der Waals surface area contributed by atoms with Crippen LogP contribution in [0, 0.1) is 0 Å². The van der Waals surface area contributed by atoms with Crippen LogP contribution in [0.25, 0.3) is 6.08 Å². The zero-order valence-electron chi connectivity index (χ0n) is 13.7. The molecule has 1 aliphatic heterocycles. The van der Waals surface area contributed by atoms with Crippen LogP contribution in [0.2, 0.25) is 0 Å². The fourth-order valence-electron chi connectivity index (χ4n) is 3.27. The van der Waals surface area contributed by atoms with Crippen molar-refractivity contribution in [3.05, 3.63) is 96.1 Å². The first-order valence-corrected chi connectivity index (χ1v) is 8.26. The maximum atomic E-state index is 13.2. The Morgan fingerprint density at radius 1 is 0.840 bits per heavy atom. The van der Waals surface area contributed by atoms with E-state index >= 15 is 0 Å². The Labute approximate surface area is 147 Å². The van der Waals surface area contributed by atoms with Gasteiger partial charge in [-0.25, -0.2) is 0 Å². The molecule has 0 bridgehead atoms. The Hall–Kier alpha value is -3.33. The van der Waals surface area contributed by atoms with E-state index in [2.05, 4.69) is 0 Å². The lowest BCUT2D eigenvalue weighted by Gasteiger charge is -2.35. The van der Waals surface area contributed by atoms with Gasteiger partial charge in [0.25, 0.3) is 0 Å². The fourth-order valence-corrected chi connectivity index (χ4v) is 3.27. The largest absolute Gasteiger partial charge is 0.397 e. The smallest absolute Gasteiger partial charge is 0.189 e. The maximum absolute atomic E-state index is 13.2. The summed E-state index contributed by atoms with van der Waals surface area (Å²) in [7, 11) is 0. The van der Waals surface area contributed by atoms with Crippen molar-refractivity contribution >= 4 is 28.9 Å². The van der Waals surface area contributed by atoms with Crippen molar-refractivity contribution in [1.82, 2.24) is 0 Å². The number of anilines is 3. The molecule has 1 heterocycles. The molecule has 25 heavy (non-hydrogen) atoms. The van der Waals surface area contributed by atoms with Crippen LogP contribution in [0.5, 0.6) is 0 Å². The number of nitrogens with zero attached hydrogens (tertiary/aromatic N) is 1. The normalized spacial score (nSPS) is 15.7. The van der Waals surface area contributed by atoms with Gasteiger partial charge in [-0.3, -0.25) is 4.79 Å². The average Bonchev–Trinajstić information content (AvgIpc) is 2.68. The first-order chi connectivity index (χ1) is 12.3. The van der Waals surface area contributed by atoms with Crippen molar-refractivity contribution in [2.24, 2.45) is 0 Å². The van der Waals surface area contributed by atoms with Crippen molar-refractivity contribution in [3.8, 4) is 0 Å². The van der Waals surface area contributed by atoms with E-state index in [-0.39, 0.29) is 5.78 Å². The molecule has 0 aromatic heterocycles. The van der Waals surface area contributed by atoms with Gasteiger partial charge in [0, 0.05) is 16.8 Å². The third-order valence-electron chi connectivity index (χ3n) is 4.44. The van der Waals surface area contributed by atoms with Crippen molar-refractivity contribution in [2.75, 3.05) is 10.6 Å². The lowest BCUT2D eigenvalue weighted by Crippen LogP contribution is -2.39. The minimum atomic E-state index is -0.429. The number of carbonyl (C=O) groups is 1. The van der Waals surface area contributed by atoms with Crippen LogP contribution in [0.4, 0.5) is 17.1 Å². The Morgan fingerprint density at radius 2 is 1.52 bits per heavy atom. The first-order valence-electron chi connectivity index (χ1n) is 8.26. The Balaban J connectivity index is 1.87. The molecule has 3 aromatic rings. The Morgan fingerprint density at radius 3 is 2.24 bits per heavy atom. The third-order valence-corrected chi connectivity index (χ3v) is 4.44. The molecule has 0 radical (unpaired) electrons. The van der Waals surface area contributed by atoms with E-state index in [4.69, 9.17) is 5.73 Å². The number of rotatable bonds is 3. The number of benzene rings is 3. The van der Waals surface area contributed by atoms with Gasteiger partial charge in [-0.15, -0.1) is 0 Å². The van der Waals surface area contributed by atoms with Crippen LogP contribution < -0.4 is 10.6 Å². The van der Waals surface area contributed by atoms with E-state index in [9.17, 15) is 4.79 Å². The van der Waals surface area contributed by atoms with E-state index in [1.54, 1.807) is 0 Å². The van der Waals surface area contributed by atoms with Gasteiger partial charge in [0.1, 0.15) is 6.04 Å². The number of hydrogen-bond acceptors (Lipinski definition) is 3. The minimum absolute atomic E-state index is 0.0506. The van der Waals surface area contributed by atoms with Gasteiger partial charge in [-0.05, 0) is 18.2 Å². The highest BCUT2D eigenvalue weighted by Gasteiger charge is 2.31. The molecule has 0 fully saturated rings. The molecule has 0 spiro atoms.